The minimum absolute atomic E-state index is 0.285. The zero-order chi connectivity index (χ0) is 14.7. The standard InChI is InChI=1S/C16H14FN3S/c1-21-16-19-18-15(13-9-5-6-10-14(13)17)20(16)11-12-7-3-2-4-8-12/h2-10H,11H2,1H3. The highest BCUT2D eigenvalue weighted by atomic mass is 32.2. The van der Waals surface area contributed by atoms with E-state index in [2.05, 4.69) is 10.2 Å². The highest BCUT2D eigenvalue weighted by Gasteiger charge is 2.16. The predicted molar refractivity (Wildman–Crippen MR) is 82.7 cm³/mol. The van der Waals surface area contributed by atoms with E-state index in [1.165, 1.54) is 17.8 Å². The second kappa shape index (κ2) is 6.10. The van der Waals surface area contributed by atoms with Gasteiger partial charge in [-0.05, 0) is 24.0 Å². The fourth-order valence-electron chi connectivity index (χ4n) is 2.19. The molecule has 0 spiro atoms. The van der Waals surface area contributed by atoms with E-state index in [4.69, 9.17) is 0 Å². The Hall–Kier alpha value is -2.14. The summed E-state index contributed by atoms with van der Waals surface area (Å²) < 4.78 is 16.0. The number of aromatic nitrogens is 3. The molecule has 2 aromatic carbocycles. The monoisotopic (exact) mass is 299 g/mol. The molecular weight excluding hydrogens is 285 g/mol. The van der Waals surface area contributed by atoms with Gasteiger partial charge in [0.15, 0.2) is 11.0 Å². The maximum absolute atomic E-state index is 14.0. The Bertz CT molecular complexity index is 740. The summed E-state index contributed by atoms with van der Waals surface area (Å²) in [6.45, 7) is 0.619. The van der Waals surface area contributed by atoms with Gasteiger partial charge in [-0.15, -0.1) is 10.2 Å². The van der Waals surface area contributed by atoms with Crippen LogP contribution in [0.15, 0.2) is 59.8 Å². The molecule has 0 saturated heterocycles. The van der Waals surface area contributed by atoms with E-state index >= 15 is 0 Å². The molecule has 0 N–H and O–H groups in total. The van der Waals surface area contributed by atoms with Crippen LogP contribution in [0.1, 0.15) is 5.56 Å². The number of hydrogen-bond acceptors (Lipinski definition) is 3. The van der Waals surface area contributed by atoms with Crippen molar-refractivity contribution in [3.05, 3.63) is 66.0 Å². The first-order valence-corrected chi connectivity index (χ1v) is 7.78. The Balaban J connectivity index is 2.07. The molecule has 1 aromatic heterocycles. The molecule has 0 saturated carbocycles. The summed E-state index contributed by atoms with van der Waals surface area (Å²) in [5.41, 5.74) is 1.60. The van der Waals surface area contributed by atoms with Crippen LogP contribution in [0.4, 0.5) is 4.39 Å². The van der Waals surface area contributed by atoms with Gasteiger partial charge < -0.3 is 0 Å². The molecule has 0 aliphatic heterocycles. The Morgan fingerprint density at radius 2 is 1.71 bits per heavy atom. The molecule has 0 bridgehead atoms. The zero-order valence-corrected chi connectivity index (χ0v) is 12.3. The van der Waals surface area contributed by atoms with Crippen molar-refractivity contribution in [3.63, 3.8) is 0 Å². The van der Waals surface area contributed by atoms with Gasteiger partial charge in [-0.25, -0.2) is 4.39 Å². The van der Waals surface area contributed by atoms with Gasteiger partial charge in [0.2, 0.25) is 0 Å². The van der Waals surface area contributed by atoms with Crippen molar-refractivity contribution in [1.82, 2.24) is 14.8 Å². The second-order valence-corrected chi connectivity index (χ2v) is 5.34. The lowest BCUT2D eigenvalue weighted by atomic mass is 10.2. The summed E-state index contributed by atoms with van der Waals surface area (Å²) in [5.74, 6) is 0.271. The largest absolute Gasteiger partial charge is 0.297 e. The molecule has 3 rings (SSSR count). The van der Waals surface area contributed by atoms with Crippen molar-refractivity contribution in [1.29, 1.82) is 0 Å². The lowest BCUT2D eigenvalue weighted by Gasteiger charge is -2.10. The summed E-state index contributed by atoms with van der Waals surface area (Å²) in [5, 5.41) is 9.10. The zero-order valence-electron chi connectivity index (χ0n) is 11.5. The lowest BCUT2D eigenvalue weighted by Crippen LogP contribution is -2.04. The van der Waals surface area contributed by atoms with Gasteiger partial charge in [0, 0.05) is 0 Å². The van der Waals surface area contributed by atoms with E-state index in [1.807, 2.05) is 41.2 Å². The highest BCUT2D eigenvalue weighted by molar-refractivity contribution is 7.98. The van der Waals surface area contributed by atoms with Crippen LogP contribution in [0.25, 0.3) is 11.4 Å². The normalized spacial score (nSPS) is 10.8. The second-order valence-electron chi connectivity index (χ2n) is 4.56. The van der Waals surface area contributed by atoms with Crippen molar-refractivity contribution in [2.24, 2.45) is 0 Å². The molecule has 0 aliphatic rings. The molecule has 3 nitrogen and oxygen atoms in total. The fourth-order valence-corrected chi connectivity index (χ4v) is 2.68. The van der Waals surface area contributed by atoms with Crippen LogP contribution in [-0.2, 0) is 6.54 Å². The Kier molecular flexibility index (Phi) is 4.01. The van der Waals surface area contributed by atoms with Crippen LogP contribution in [0.2, 0.25) is 0 Å². The number of nitrogens with zero attached hydrogens (tertiary/aromatic N) is 3. The molecule has 5 heteroatoms. The van der Waals surface area contributed by atoms with Crippen molar-refractivity contribution in [2.75, 3.05) is 6.26 Å². The number of rotatable bonds is 4. The highest BCUT2D eigenvalue weighted by Crippen LogP contribution is 2.25. The van der Waals surface area contributed by atoms with E-state index in [1.54, 1.807) is 18.2 Å². The van der Waals surface area contributed by atoms with Gasteiger partial charge in [-0.3, -0.25) is 4.57 Å². The van der Waals surface area contributed by atoms with E-state index < -0.39 is 0 Å². The van der Waals surface area contributed by atoms with Crippen molar-refractivity contribution >= 4 is 11.8 Å². The molecule has 3 aromatic rings. The van der Waals surface area contributed by atoms with E-state index in [9.17, 15) is 4.39 Å². The average molecular weight is 299 g/mol. The minimum atomic E-state index is -0.285. The minimum Gasteiger partial charge on any atom is -0.297 e. The Morgan fingerprint density at radius 3 is 2.43 bits per heavy atom. The quantitative estimate of drug-likeness (QED) is 0.685. The molecule has 0 fully saturated rings. The molecule has 0 aliphatic carbocycles. The van der Waals surface area contributed by atoms with Gasteiger partial charge in [0.05, 0.1) is 12.1 Å². The maximum atomic E-state index is 14.0. The van der Waals surface area contributed by atoms with Crippen molar-refractivity contribution in [3.8, 4) is 11.4 Å². The maximum Gasteiger partial charge on any atom is 0.191 e. The third-order valence-electron chi connectivity index (χ3n) is 3.20. The number of halogens is 1. The molecule has 0 amide bonds. The first-order chi connectivity index (χ1) is 10.3. The fraction of sp³-hybridized carbons (Fsp3) is 0.125. The number of hydrogen-bond donors (Lipinski definition) is 0. The number of thioether (sulfide) groups is 1. The Labute approximate surface area is 126 Å². The molecule has 0 unspecified atom stereocenters. The molecule has 21 heavy (non-hydrogen) atoms. The smallest absolute Gasteiger partial charge is 0.191 e. The summed E-state index contributed by atoms with van der Waals surface area (Å²) in [4.78, 5) is 0. The van der Waals surface area contributed by atoms with Crippen LogP contribution in [0, 0.1) is 5.82 Å². The number of benzene rings is 2. The molecule has 106 valence electrons. The lowest BCUT2D eigenvalue weighted by molar-refractivity contribution is 0.626. The SMILES string of the molecule is CSc1nnc(-c2ccccc2F)n1Cc1ccccc1. The van der Waals surface area contributed by atoms with Crippen molar-refractivity contribution in [2.45, 2.75) is 11.7 Å². The summed E-state index contributed by atoms with van der Waals surface area (Å²) in [6, 6.07) is 16.7. The molecule has 1 heterocycles. The average Bonchev–Trinajstić information content (AvgIpc) is 2.91. The topological polar surface area (TPSA) is 30.7 Å². The third-order valence-corrected chi connectivity index (χ3v) is 3.86. The first-order valence-electron chi connectivity index (χ1n) is 6.55. The van der Waals surface area contributed by atoms with E-state index in [0.717, 1.165) is 10.7 Å². The molecule has 0 atom stereocenters. The van der Waals surface area contributed by atoms with Gasteiger partial charge >= 0.3 is 0 Å². The summed E-state index contributed by atoms with van der Waals surface area (Å²) in [7, 11) is 0. The van der Waals surface area contributed by atoms with Crippen LogP contribution >= 0.6 is 11.8 Å². The predicted octanol–water partition coefficient (Wildman–Crippen LogP) is 3.85. The van der Waals surface area contributed by atoms with Gasteiger partial charge in [-0.2, -0.15) is 0 Å². The van der Waals surface area contributed by atoms with Gasteiger partial charge in [-0.1, -0.05) is 54.2 Å². The van der Waals surface area contributed by atoms with E-state index in [-0.39, 0.29) is 5.82 Å². The van der Waals surface area contributed by atoms with Crippen LogP contribution < -0.4 is 0 Å². The Morgan fingerprint density at radius 1 is 1.00 bits per heavy atom. The molecule has 0 radical (unpaired) electrons. The molecular formula is C16H14FN3S. The third kappa shape index (κ3) is 2.83. The van der Waals surface area contributed by atoms with Crippen LogP contribution in [-0.4, -0.2) is 21.0 Å². The van der Waals surface area contributed by atoms with Crippen LogP contribution in [0.3, 0.4) is 0 Å². The summed E-state index contributed by atoms with van der Waals surface area (Å²) >= 11 is 1.50. The van der Waals surface area contributed by atoms with Crippen LogP contribution in [0.5, 0.6) is 0 Å². The van der Waals surface area contributed by atoms with Crippen molar-refractivity contribution < 1.29 is 4.39 Å². The first kappa shape index (κ1) is 13.8. The van der Waals surface area contributed by atoms with E-state index in [0.29, 0.717) is 17.9 Å². The summed E-state index contributed by atoms with van der Waals surface area (Å²) in [6.07, 6.45) is 1.94. The van der Waals surface area contributed by atoms with Gasteiger partial charge in [0.25, 0.3) is 0 Å². The van der Waals surface area contributed by atoms with Gasteiger partial charge in [0.1, 0.15) is 5.82 Å².